The van der Waals surface area contributed by atoms with Gasteiger partial charge in [-0.15, -0.1) is 0 Å². The Morgan fingerprint density at radius 3 is 2.67 bits per heavy atom. The molecule has 12 heavy (non-hydrogen) atoms. The third-order valence-corrected chi connectivity index (χ3v) is 1.47. The van der Waals surface area contributed by atoms with Gasteiger partial charge >= 0.3 is 0 Å². The fourth-order valence-electron chi connectivity index (χ4n) is 0.927. The fourth-order valence-corrected chi connectivity index (χ4v) is 0.927. The molecule has 0 aliphatic carbocycles. The summed E-state index contributed by atoms with van der Waals surface area (Å²) in [7, 11) is 2.95. The molecule has 0 aromatic heterocycles. The van der Waals surface area contributed by atoms with E-state index >= 15 is 0 Å². The molecule has 0 amide bonds. The number of hydrogen-bond acceptors (Lipinski definition) is 2. The lowest BCUT2D eigenvalue weighted by atomic mass is 10.3. The quantitative estimate of drug-likeness (QED) is 0.535. The third-order valence-electron chi connectivity index (χ3n) is 1.47. The Morgan fingerprint density at radius 2 is 2.08 bits per heavy atom. The second kappa shape index (κ2) is 4.04. The lowest BCUT2D eigenvalue weighted by Crippen LogP contribution is -2.76. The fraction of sp³-hybridized carbons (Fsp3) is 0.250. The van der Waals surface area contributed by atoms with Crippen LogP contribution in [0.2, 0.25) is 0 Å². The third kappa shape index (κ3) is 1.72. The van der Waals surface area contributed by atoms with Crippen LogP contribution in [0, 0.1) is 5.82 Å². The van der Waals surface area contributed by atoms with Crippen LogP contribution in [-0.4, -0.2) is 14.2 Å². The smallest absolute Gasteiger partial charge is 0.240 e. The summed E-state index contributed by atoms with van der Waals surface area (Å²) in [6, 6.07) is 4.61. The predicted molar refractivity (Wildman–Crippen MR) is 41.5 cm³/mol. The number of ether oxygens (including phenoxy) is 1. The molecule has 0 aliphatic heterocycles. The van der Waals surface area contributed by atoms with E-state index in [9.17, 15) is 4.39 Å². The Balaban J connectivity index is 3.02. The number of nitrogens with two attached hydrogens (primary N) is 1. The van der Waals surface area contributed by atoms with Gasteiger partial charge in [0.1, 0.15) is 0 Å². The molecular weight excluding hydrogens is 161 g/mol. The largest absolute Gasteiger partial charge is 0.491 e. The molecule has 3 nitrogen and oxygen atoms in total. The molecule has 1 aromatic rings. The highest BCUT2D eigenvalue weighted by atomic mass is 19.1. The van der Waals surface area contributed by atoms with Crippen molar-refractivity contribution in [3.63, 3.8) is 0 Å². The zero-order chi connectivity index (χ0) is 8.97. The van der Waals surface area contributed by atoms with Crippen LogP contribution >= 0.6 is 0 Å². The van der Waals surface area contributed by atoms with Crippen LogP contribution in [0.15, 0.2) is 18.2 Å². The number of quaternary nitrogens is 1. The van der Waals surface area contributed by atoms with Crippen LogP contribution in [0.25, 0.3) is 0 Å². The minimum absolute atomic E-state index is 0.336. The molecule has 0 heterocycles. The highest BCUT2D eigenvalue weighted by molar-refractivity contribution is 5.45. The first-order valence-corrected chi connectivity index (χ1v) is 3.48. The van der Waals surface area contributed by atoms with E-state index < -0.39 is 0 Å². The summed E-state index contributed by atoms with van der Waals surface area (Å²) in [6.45, 7) is 0. The van der Waals surface area contributed by atoms with Gasteiger partial charge in [0, 0.05) is 0 Å². The maximum atomic E-state index is 13.0. The van der Waals surface area contributed by atoms with E-state index in [0.29, 0.717) is 11.4 Å². The van der Waals surface area contributed by atoms with Gasteiger partial charge in [0.2, 0.25) is 5.69 Å². The van der Waals surface area contributed by atoms with Crippen molar-refractivity contribution in [2.45, 2.75) is 0 Å². The Hall–Kier alpha value is -1.13. The summed E-state index contributed by atoms with van der Waals surface area (Å²) in [4.78, 5) is 4.71. The lowest BCUT2D eigenvalue weighted by Gasteiger charge is -2.03. The van der Waals surface area contributed by atoms with Gasteiger partial charge in [-0.3, -0.25) is 0 Å². The molecular formula is C8H11FNO2+. The minimum atomic E-state index is -0.351. The standard InChI is InChI=1S/C8H10FNO2/c1-11-7-5-3-4-6(9)8(7)10-12-2/h3-5,10H,1-2H3/p+1. The van der Waals surface area contributed by atoms with Gasteiger partial charge in [-0.1, -0.05) is 6.07 Å². The van der Waals surface area contributed by atoms with Crippen molar-refractivity contribution in [3.8, 4) is 5.75 Å². The molecule has 0 saturated carbocycles. The van der Waals surface area contributed by atoms with Gasteiger partial charge in [-0.2, -0.15) is 5.48 Å². The number of methoxy groups -OCH3 is 1. The molecule has 0 radical (unpaired) electrons. The Kier molecular flexibility index (Phi) is 3.01. The summed E-state index contributed by atoms with van der Waals surface area (Å²) < 4.78 is 18.0. The minimum Gasteiger partial charge on any atom is -0.491 e. The molecule has 0 spiro atoms. The number of hydrogen-bond donors (Lipinski definition) is 1. The molecule has 0 atom stereocenters. The maximum absolute atomic E-state index is 13.0. The van der Waals surface area contributed by atoms with E-state index in [2.05, 4.69) is 0 Å². The topological polar surface area (TPSA) is 35.1 Å². The first kappa shape index (κ1) is 8.96. The van der Waals surface area contributed by atoms with Crippen molar-refractivity contribution in [1.29, 1.82) is 0 Å². The van der Waals surface area contributed by atoms with Crippen LogP contribution in [-0.2, 0) is 4.84 Å². The average molecular weight is 172 g/mol. The van der Waals surface area contributed by atoms with Gasteiger partial charge < -0.3 is 4.74 Å². The molecule has 66 valence electrons. The Bertz CT molecular complexity index is 265. The summed E-state index contributed by atoms with van der Waals surface area (Å²) >= 11 is 0. The van der Waals surface area contributed by atoms with Crippen molar-refractivity contribution in [2.24, 2.45) is 0 Å². The predicted octanol–water partition coefficient (Wildman–Crippen LogP) is 0.591. The number of halogens is 1. The van der Waals surface area contributed by atoms with Crippen LogP contribution in [0.3, 0.4) is 0 Å². The molecule has 1 aromatic carbocycles. The average Bonchev–Trinajstić information content (AvgIpc) is 2.09. The Labute approximate surface area is 70.1 Å². The van der Waals surface area contributed by atoms with Crippen molar-refractivity contribution in [3.05, 3.63) is 24.0 Å². The molecule has 0 fully saturated rings. The van der Waals surface area contributed by atoms with Crippen molar-refractivity contribution in [2.75, 3.05) is 14.2 Å². The van der Waals surface area contributed by atoms with Gasteiger partial charge in [-0.05, 0) is 12.1 Å². The molecule has 0 bridgehead atoms. The van der Waals surface area contributed by atoms with Crippen LogP contribution in [0.1, 0.15) is 0 Å². The van der Waals surface area contributed by atoms with Gasteiger partial charge in [0.15, 0.2) is 11.6 Å². The molecule has 1 rings (SSSR count). The van der Waals surface area contributed by atoms with Crippen LogP contribution < -0.4 is 10.2 Å². The summed E-state index contributed by atoms with van der Waals surface area (Å²) in [6.07, 6.45) is 0. The molecule has 0 aliphatic rings. The highest BCUT2D eigenvalue weighted by Crippen LogP contribution is 2.21. The number of rotatable bonds is 3. The second-order valence-corrected chi connectivity index (χ2v) is 2.21. The summed E-state index contributed by atoms with van der Waals surface area (Å²) in [5.41, 5.74) is 1.65. The summed E-state index contributed by atoms with van der Waals surface area (Å²) in [5.74, 6) is 0.119. The van der Waals surface area contributed by atoms with E-state index in [1.807, 2.05) is 0 Å². The van der Waals surface area contributed by atoms with Crippen molar-refractivity contribution < 1.29 is 19.4 Å². The Morgan fingerprint density at radius 1 is 1.33 bits per heavy atom. The zero-order valence-corrected chi connectivity index (χ0v) is 7.00. The number of benzene rings is 1. The molecule has 0 saturated heterocycles. The SMILES string of the molecule is CO[NH2+]c1c(F)cccc1OC. The van der Waals surface area contributed by atoms with E-state index in [-0.39, 0.29) is 5.82 Å². The van der Waals surface area contributed by atoms with Crippen molar-refractivity contribution in [1.82, 2.24) is 0 Å². The second-order valence-electron chi connectivity index (χ2n) is 2.21. The lowest BCUT2D eigenvalue weighted by molar-refractivity contribution is -0.831. The van der Waals surface area contributed by atoms with E-state index in [0.717, 1.165) is 0 Å². The molecule has 2 N–H and O–H groups in total. The maximum Gasteiger partial charge on any atom is 0.240 e. The molecule has 4 heteroatoms. The normalized spacial score (nSPS) is 9.92. The first-order valence-electron chi connectivity index (χ1n) is 3.48. The summed E-state index contributed by atoms with van der Waals surface area (Å²) in [5, 5.41) is 0. The van der Waals surface area contributed by atoms with E-state index in [4.69, 9.17) is 9.57 Å². The van der Waals surface area contributed by atoms with Gasteiger partial charge in [-0.25, -0.2) is 9.23 Å². The zero-order valence-electron chi connectivity index (χ0n) is 7.00. The van der Waals surface area contributed by atoms with Crippen LogP contribution in [0.4, 0.5) is 10.1 Å². The molecule has 0 unspecified atom stereocenters. The van der Waals surface area contributed by atoms with E-state index in [1.54, 1.807) is 12.1 Å². The van der Waals surface area contributed by atoms with Gasteiger partial charge in [0.25, 0.3) is 0 Å². The monoisotopic (exact) mass is 172 g/mol. The van der Waals surface area contributed by atoms with Crippen molar-refractivity contribution >= 4 is 5.69 Å². The van der Waals surface area contributed by atoms with Gasteiger partial charge in [0.05, 0.1) is 14.2 Å². The highest BCUT2D eigenvalue weighted by Gasteiger charge is 2.12. The van der Waals surface area contributed by atoms with E-state index in [1.165, 1.54) is 25.8 Å². The first-order chi connectivity index (χ1) is 5.79. The van der Waals surface area contributed by atoms with Crippen LogP contribution in [0.5, 0.6) is 5.75 Å².